The Labute approximate surface area is 283 Å². The van der Waals surface area contributed by atoms with Crippen molar-refractivity contribution < 1.29 is 0 Å². The van der Waals surface area contributed by atoms with Gasteiger partial charge < -0.3 is 4.57 Å². The summed E-state index contributed by atoms with van der Waals surface area (Å²) >= 11 is 1.86. The fourth-order valence-electron chi connectivity index (χ4n) is 6.58. The maximum Gasteiger partial charge on any atom is 0.161 e. The molecule has 8 rings (SSSR count). The highest BCUT2D eigenvalue weighted by atomic mass is 32.1. The first-order chi connectivity index (χ1) is 23.7. The quantitative estimate of drug-likeness (QED) is 0.129. The number of fused-ring (bicyclic) bond motifs is 7. The molecular weight excluding hydrogens is 605 g/mol. The molecule has 0 saturated heterocycles. The number of aliphatic imine (C=N–C) groups is 3. The lowest BCUT2D eigenvalue weighted by Gasteiger charge is -2.09. The van der Waals surface area contributed by atoms with Gasteiger partial charge in [-0.2, -0.15) is 0 Å². The molecule has 0 atom stereocenters. The van der Waals surface area contributed by atoms with E-state index in [1.165, 1.54) is 53.2 Å². The van der Waals surface area contributed by atoms with Gasteiger partial charge in [-0.05, 0) is 48.5 Å². The van der Waals surface area contributed by atoms with Crippen molar-refractivity contribution in [3.05, 3.63) is 162 Å². The molecule has 0 saturated carbocycles. The van der Waals surface area contributed by atoms with E-state index in [-0.39, 0.29) is 0 Å². The normalized spacial score (nSPS) is 12.6. The second-order valence-corrected chi connectivity index (χ2v) is 12.7. The van der Waals surface area contributed by atoms with Gasteiger partial charge in [-0.3, -0.25) is 0 Å². The largest absolute Gasteiger partial charge is 0.320 e. The van der Waals surface area contributed by atoms with E-state index in [4.69, 9.17) is 9.98 Å². The average molecular weight is 637 g/mol. The summed E-state index contributed by atoms with van der Waals surface area (Å²) in [6.07, 6.45) is 4.24. The van der Waals surface area contributed by atoms with Crippen LogP contribution in [0.15, 0.2) is 161 Å². The molecule has 0 N–H and O–H groups in total. The predicted octanol–water partition coefficient (Wildman–Crippen LogP) is 11.4. The third kappa shape index (κ3) is 5.24. The highest BCUT2D eigenvalue weighted by molar-refractivity contribution is 7.26. The zero-order valence-electron chi connectivity index (χ0n) is 26.5. The van der Waals surface area contributed by atoms with Crippen LogP contribution in [0.2, 0.25) is 0 Å². The van der Waals surface area contributed by atoms with Crippen molar-refractivity contribution in [1.29, 1.82) is 0 Å². The lowest BCUT2D eigenvalue weighted by molar-refractivity contribution is 0.793. The monoisotopic (exact) mass is 636 g/mol. The van der Waals surface area contributed by atoms with Crippen molar-refractivity contribution in [3.8, 4) is 11.1 Å². The summed E-state index contributed by atoms with van der Waals surface area (Å²) in [6, 6.07) is 48.7. The molecule has 2 heterocycles. The van der Waals surface area contributed by atoms with Crippen molar-refractivity contribution in [2.75, 3.05) is 0 Å². The lowest BCUT2D eigenvalue weighted by atomic mass is 10.0. The Morgan fingerprint density at radius 3 is 2.12 bits per heavy atom. The molecule has 4 nitrogen and oxygen atoms in total. The van der Waals surface area contributed by atoms with E-state index in [1.54, 1.807) is 0 Å². The summed E-state index contributed by atoms with van der Waals surface area (Å²) in [5.41, 5.74) is 7.78. The third-order valence-corrected chi connectivity index (χ3v) is 9.94. The standard InChI is InChI=1S/C43H32N4S/c1-3-14-29-23-25-37-36(27-29)34-24-26-38-39(35-22-13-21-33(41(35)48-38)30-15-7-4-8-16-30)40(34)47(37)28-45-43(32-19-11-6-12-20-32)46-42(44-2)31-17-9-5-10-18-31/h3-27H,2,28H2,1H3/b14-3+,45-43-,46-42?. The van der Waals surface area contributed by atoms with Crippen molar-refractivity contribution in [3.63, 3.8) is 0 Å². The van der Waals surface area contributed by atoms with E-state index in [2.05, 4.69) is 114 Å². The smallest absolute Gasteiger partial charge is 0.161 e. The number of allylic oxidation sites excluding steroid dienone is 1. The van der Waals surface area contributed by atoms with Crippen molar-refractivity contribution in [2.45, 2.75) is 13.6 Å². The molecule has 2 aromatic heterocycles. The van der Waals surface area contributed by atoms with Crippen LogP contribution < -0.4 is 0 Å². The van der Waals surface area contributed by atoms with Gasteiger partial charge in [0.1, 0.15) is 6.67 Å². The molecule has 0 aliphatic rings. The molecular formula is C43H32N4S. The number of nitrogens with zero attached hydrogens (tertiary/aromatic N) is 4. The second kappa shape index (κ2) is 12.7. The van der Waals surface area contributed by atoms with Crippen LogP contribution in [0.3, 0.4) is 0 Å². The molecule has 6 aromatic carbocycles. The van der Waals surface area contributed by atoms with Crippen molar-refractivity contribution >= 4 is 77.8 Å². The van der Waals surface area contributed by atoms with Gasteiger partial charge in [0, 0.05) is 42.1 Å². The first kappa shape index (κ1) is 29.5. The van der Waals surface area contributed by atoms with E-state index in [0.29, 0.717) is 18.3 Å². The molecule has 0 aliphatic carbocycles. The van der Waals surface area contributed by atoms with Gasteiger partial charge in [-0.15, -0.1) is 11.3 Å². The van der Waals surface area contributed by atoms with Gasteiger partial charge in [0.05, 0.1) is 11.0 Å². The number of hydrogen-bond acceptors (Lipinski definition) is 2. The first-order valence-corrected chi connectivity index (χ1v) is 16.8. The molecule has 48 heavy (non-hydrogen) atoms. The van der Waals surface area contributed by atoms with Gasteiger partial charge in [0.25, 0.3) is 0 Å². The fraction of sp³-hybridized carbons (Fsp3) is 0.0465. The van der Waals surface area contributed by atoms with Gasteiger partial charge >= 0.3 is 0 Å². The Balaban J connectivity index is 1.40. The summed E-state index contributed by atoms with van der Waals surface area (Å²) in [4.78, 5) is 14.5. The fourth-order valence-corrected chi connectivity index (χ4v) is 7.82. The van der Waals surface area contributed by atoms with Crippen LogP contribution in [0.25, 0.3) is 59.2 Å². The highest BCUT2D eigenvalue weighted by Gasteiger charge is 2.19. The van der Waals surface area contributed by atoms with Crippen molar-refractivity contribution in [2.24, 2.45) is 15.0 Å². The maximum atomic E-state index is 5.24. The summed E-state index contributed by atoms with van der Waals surface area (Å²) in [7, 11) is 0. The van der Waals surface area contributed by atoms with Crippen LogP contribution in [-0.2, 0) is 6.67 Å². The number of amidine groups is 2. The van der Waals surface area contributed by atoms with E-state index in [0.717, 1.165) is 16.6 Å². The molecule has 0 bridgehead atoms. The Hall–Kier alpha value is -5.91. The second-order valence-electron chi connectivity index (χ2n) is 11.6. The molecule has 0 aliphatic heterocycles. The van der Waals surface area contributed by atoms with Crippen LogP contribution in [0.4, 0.5) is 0 Å². The molecule has 0 fully saturated rings. The van der Waals surface area contributed by atoms with Gasteiger partial charge in [-0.25, -0.2) is 15.0 Å². The number of thiophene rings is 1. The van der Waals surface area contributed by atoms with Gasteiger partial charge in [0.15, 0.2) is 11.7 Å². The van der Waals surface area contributed by atoms with E-state index in [9.17, 15) is 0 Å². The summed E-state index contributed by atoms with van der Waals surface area (Å²) in [5.74, 6) is 1.15. The maximum absolute atomic E-state index is 5.24. The molecule has 8 aromatic rings. The molecule has 5 heteroatoms. The Morgan fingerprint density at radius 1 is 0.708 bits per heavy atom. The average Bonchev–Trinajstić information content (AvgIpc) is 3.68. The molecule has 230 valence electrons. The third-order valence-electron chi connectivity index (χ3n) is 8.74. The van der Waals surface area contributed by atoms with Crippen LogP contribution in [0.5, 0.6) is 0 Å². The highest BCUT2D eigenvalue weighted by Crippen LogP contribution is 2.45. The molecule has 0 amide bonds. The minimum atomic E-state index is 0.380. The zero-order chi connectivity index (χ0) is 32.5. The van der Waals surface area contributed by atoms with Gasteiger partial charge in [0.2, 0.25) is 0 Å². The minimum absolute atomic E-state index is 0.380. The van der Waals surface area contributed by atoms with Crippen LogP contribution in [0.1, 0.15) is 23.6 Å². The van der Waals surface area contributed by atoms with E-state index >= 15 is 0 Å². The minimum Gasteiger partial charge on any atom is -0.320 e. The summed E-state index contributed by atoms with van der Waals surface area (Å²) in [5, 5.41) is 4.93. The van der Waals surface area contributed by atoms with E-state index in [1.807, 2.05) is 72.0 Å². The molecule has 0 unspecified atom stereocenters. The number of hydrogen-bond donors (Lipinski definition) is 0. The summed E-state index contributed by atoms with van der Waals surface area (Å²) < 4.78 is 4.90. The lowest BCUT2D eigenvalue weighted by Crippen LogP contribution is -2.07. The SMILES string of the molecule is C=NC(=N/C(=N\Cn1c2ccc(/C=C/C)cc2c2ccc3sc4c(-c5ccccc5)cccc4c3c21)c1ccccc1)c1ccccc1. The predicted molar refractivity (Wildman–Crippen MR) is 208 cm³/mol. The topological polar surface area (TPSA) is 42.0 Å². The van der Waals surface area contributed by atoms with Crippen LogP contribution in [-0.4, -0.2) is 23.0 Å². The number of aromatic nitrogens is 1. The van der Waals surface area contributed by atoms with Crippen LogP contribution in [0, 0.1) is 0 Å². The Bertz CT molecular complexity index is 2540. The molecule has 0 radical (unpaired) electrons. The summed E-state index contributed by atoms with van der Waals surface area (Å²) in [6.45, 7) is 6.28. The number of rotatable bonds is 6. The van der Waals surface area contributed by atoms with Crippen LogP contribution >= 0.6 is 11.3 Å². The van der Waals surface area contributed by atoms with Crippen molar-refractivity contribution in [1.82, 2.24) is 4.57 Å². The zero-order valence-corrected chi connectivity index (χ0v) is 27.4. The first-order valence-electron chi connectivity index (χ1n) is 16.0. The van der Waals surface area contributed by atoms with E-state index < -0.39 is 0 Å². The Kier molecular flexibility index (Phi) is 7.81. The number of benzene rings is 6. The molecule has 0 spiro atoms. The Morgan fingerprint density at radius 2 is 1.42 bits per heavy atom. The van der Waals surface area contributed by atoms with Gasteiger partial charge in [-0.1, -0.05) is 133 Å².